The quantitative estimate of drug-likeness (QED) is 0.894. The van der Waals surface area contributed by atoms with Crippen molar-refractivity contribution in [2.75, 3.05) is 7.05 Å². The van der Waals surface area contributed by atoms with Gasteiger partial charge in [-0.1, -0.05) is 24.3 Å². The molecular formula is C15H15F2NO. The van der Waals surface area contributed by atoms with Crippen LogP contribution in [0.25, 0.3) is 0 Å². The molecule has 0 aliphatic rings. The summed E-state index contributed by atoms with van der Waals surface area (Å²) in [7, 11) is 1.88. The van der Waals surface area contributed by atoms with E-state index in [4.69, 9.17) is 4.74 Å². The maximum atomic E-state index is 13.0. The molecule has 1 N–H and O–H groups in total. The second-order valence-corrected chi connectivity index (χ2v) is 4.21. The number of hydrogen-bond acceptors (Lipinski definition) is 2. The molecule has 0 fully saturated rings. The number of rotatable bonds is 5. The third kappa shape index (κ3) is 3.76. The lowest BCUT2D eigenvalue weighted by molar-refractivity contribution is 0.303. The highest BCUT2D eigenvalue weighted by Gasteiger charge is 2.03. The first-order valence-electron chi connectivity index (χ1n) is 5.99. The lowest BCUT2D eigenvalue weighted by Crippen LogP contribution is -2.05. The Morgan fingerprint density at radius 2 is 1.79 bits per heavy atom. The number of benzene rings is 2. The Kier molecular flexibility index (Phi) is 4.47. The smallest absolute Gasteiger partial charge is 0.162 e. The van der Waals surface area contributed by atoms with E-state index < -0.39 is 11.6 Å². The first-order chi connectivity index (χ1) is 9.19. The summed E-state index contributed by atoms with van der Waals surface area (Å²) in [5.74, 6) is -1.46. The van der Waals surface area contributed by atoms with E-state index in [9.17, 15) is 8.78 Å². The predicted octanol–water partition coefficient (Wildman–Crippen LogP) is 3.26. The zero-order valence-electron chi connectivity index (χ0n) is 10.6. The van der Waals surface area contributed by atoms with Crippen molar-refractivity contribution >= 4 is 0 Å². The highest BCUT2D eigenvalue weighted by atomic mass is 19.2. The van der Waals surface area contributed by atoms with E-state index in [2.05, 4.69) is 5.32 Å². The summed E-state index contributed by atoms with van der Waals surface area (Å²) in [6.07, 6.45) is 0. The fourth-order valence-electron chi connectivity index (χ4n) is 1.77. The van der Waals surface area contributed by atoms with E-state index in [1.807, 2.05) is 31.3 Å². The van der Waals surface area contributed by atoms with Gasteiger partial charge in [0.15, 0.2) is 11.6 Å². The molecular weight excluding hydrogens is 248 g/mol. The van der Waals surface area contributed by atoms with Crippen LogP contribution >= 0.6 is 0 Å². The Morgan fingerprint density at radius 1 is 1.00 bits per heavy atom. The lowest BCUT2D eigenvalue weighted by Gasteiger charge is -2.08. The van der Waals surface area contributed by atoms with Crippen LogP contribution in [0.2, 0.25) is 0 Å². The molecule has 0 spiro atoms. The molecule has 0 bridgehead atoms. The van der Waals surface area contributed by atoms with E-state index in [1.54, 1.807) is 0 Å². The van der Waals surface area contributed by atoms with Crippen LogP contribution in [0.3, 0.4) is 0 Å². The minimum Gasteiger partial charge on any atom is -0.489 e. The number of ether oxygens (including phenoxy) is 1. The summed E-state index contributed by atoms with van der Waals surface area (Å²) in [6, 6.07) is 11.4. The summed E-state index contributed by atoms with van der Waals surface area (Å²) in [5, 5.41) is 3.07. The predicted molar refractivity (Wildman–Crippen MR) is 69.9 cm³/mol. The van der Waals surface area contributed by atoms with E-state index in [0.29, 0.717) is 12.4 Å². The molecule has 0 aliphatic carbocycles. The van der Waals surface area contributed by atoms with Crippen molar-refractivity contribution in [1.29, 1.82) is 0 Å². The summed E-state index contributed by atoms with van der Waals surface area (Å²) in [6.45, 7) is 1.10. The Balaban J connectivity index is 2.01. The van der Waals surface area contributed by atoms with Gasteiger partial charge in [0.25, 0.3) is 0 Å². The van der Waals surface area contributed by atoms with Gasteiger partial charge in [-0.2, -0.15) is 0 Å². The van der Waals surface area contributed by atoms with Gasteiger partial charge >= 0.3 is 0 Å². The van der Waals surface area contributed by atoms with Gasteiger partial charge in [-0.15, -0.1) is 0 Å². The first-order valence-corrected chi connectivity index (χ1v) is 5.99. The second kappa shape index (κ2) is 6.29. The molecule has 0 amide bonds. The number of nitrogens with one attached hydrogen (secondary N) is 1. The normalized spacial score (nSPS) is 10.5. The van der Waals surface area contributed by atoms with Crippen LogP contribution in [-0.4, -0.2) is 7.05 Å². The standard InChI is InChI=1S/C15H15F2NO/c1-18-9-11-3-2-4-12(7-11)10-19-13-5-6-14(16)15(17)8-13/h2-8,18H,9-10H2,1H3. The minimum absolute atomic E-state index is 0.318. The molecule has 2 aromatic carbocycles. The summed E-state index contributed by atoms with van der Waals surface area (Å²) >= 11 is 0. The van der Waals surface area contributed by atoms with Gasteiger partial charge < -0.3 is 10.1 Å². The largest absolute Gasteiger partial charge is 0.489 e. The molecule has 2 aromatic rings. The molecule has 0 heterocycles. The molecule has 19 heavy (non-hydrogen) atoms. The highest BCUT2D eigenvalue weighted by molar-refractivity contribution is 5.26. The molecule has 4 heteroatoms. The highest BCUT2D eigenvalue weighted by Crippen LogP contribution is 2.17. The van der Waals surface area contributed by atoms with E-state index in [-0.39, 0.29) is 0 Å². The van der Waals surface area contributed by atoms with Gasteiger partial charge in [0.05, 0.1) is 0 Å². The monoisotopic (exact) mass is 263 g/mol. The zero-order chi connectivity index (χ0) is 13.7. The summed E-state index contributed by atoms with van der Waals surface area (Å²) in [5.41, 5.74) is 2.13. The molecule has 100 valence electrons. The Hall–Kier alpha value is -1.94. The van der Waals surface area contributed by atoms with Crippen LogP contribution < -0.4 is 10.1 Å². The maximum Gasteiger partial charge on any atom is 0.162 e. The summed E-state index contributed by atoms with van der Waals surface area (Å²) < 4.78 is 31.2. The van der Waals surface area contributed by atoms with Crippen LogP contribution in [0.1, 0.15) is 11.1 Å². The van der Waals surface area contributed by atoms with Gasteiger partial charge in [0, 0.05) is 12.6 Å². The molecule has 0 aliphatic heterocycles. The second-order valence-electron chi connectivity index (χ2n) is 4.21. The third-order valence-corrected chi connectivity index (χ3v) is 2.67. The van der Waals surface area contributed by atoms with Gasteiger partial charge in [-0.3, -0.25) is 0 Å². The first kappa shape index (κ1) is 13.5. The van der Waals surface area contributed by atoms with Crippen molar-refractivity contribution in [2.24, 2.45) is 0 Å². The average Bonchev–Trinajstić information content (AvgIpc) is 2.41. The lowest BCUT2D eigenvalue weighted by atomic mass is 10.1. The minimum atomic E-state index is -0.901. The van der Waals surface area contributed by atoms with Crippen molar-refractivity contribution in [3.8, 4) is 5.75 Å². The van der Waals surface area contributed by atoms with Crippen LogP contribution in [0.15, 0.2) is 42.5 Å². The van der Waals surface area contributed by atoms with Crippen LogP contribution in [0.4, 0.5) is 8.78 Å². The molecule has 0 radical (unpaired) electrons. The van der Waals surface area contributed by atoms with Crippen LogP contribution in [-0.2, 0) is 13.2 Å². The van der Waals surface area contributed by atoms with Crippen molar-refractivity contribution in [1.82, 2.24) is 5.32 Å². The van der Waals surface area contributed by atoms with Crippen LogP contribution in [0, 0.1) is 11.6 Å². The van der Waals surface area contributed by atoms with Crippen molar-refractivity contribution in [3.63, 3.8) is 0 Å². The fourth-order valence-corrected chi connectivity index (χ4v) is 1.77. The molecule has 2 rings (SSSR count). The molecule has 0 unspecified atom stereocenters. The summed E-state index contributed by atoms with van der Waals surface area (Å²) in [4.78, 5) is 0. The van der Waals surface area contributed by atoms with Crippen molar-refractivity contribution < 1.29 is 13.5 Å². The topological polar surface area (TPSA) is 21.3 Å². The van der Waals surface area contributed by atoms with Crippen molar-refractivity contribution in [3.05, 3.63) is 65.2 Å². The Morgan fingerprint density at radius 3 is 2.53 bits per heavy atom. The average molecular weight is 263 g/mol. The van der Waals surface area contributed by atoms with Gasteiger partial charge in [0.2, 0.25) is 0 Å². The Labute approximate surface area is 111 Å². The van der Waals surface area contributed by atoms with E-state index >= 15 is 0 Å². The van der Waals surface area contributed by atoms with Crippen molar-refractivity contribution in [2.45, 2.75) is 13.2 Å². The Bertz CT molecular complexity index is 558. The van der Waals surface area contributed by atoms with Crippen LogP contribution in [0.5, 0.6) is 5.75 Å². The van der Waals surface area contributed by atoms with Gasteiger partial charge in [-0.05, 0) is 30.3 Å². The van der Waals surface area contributed by atoms with Gasteiger partial charge in [0.1, 0.15) is 12.4 Å². The number of halogens is 2. The molecule has 0 saturated heterocycles. The fraction of sp³-hybridized carbons (Fsp3) is 0.200. The SMILES string of the molecule is CNCc1cccc(COc2ccc(F)c(F)c2)c1. The zero-order valence-corrected chi connectivity index (χ0v) is 10.6. The molecule has 2 nitrogen and oxygen atoms in total. The van der Waals surface area contributed by atoms with E-state index in [1.165, 1.54) is 6.07 Å². The maximum absolute atomic E-state index is 13.0. The number of hydrogen-bond donors (Lipinski definition) is 1. The molecule has 0 atom stereocenters. The third-order valence-electron chi connectivity index (χ3n) is 2.67. The van der Waals surface area contributed by atoms with Gasteiger partial charge in [-0.25, -0.2) is 8.78 Å². The van der Waals surface area contributed by atoms with E-state index in [0.717, 1.165) is 29.8 Å². The molecule has 0 saturated carbocycles. The molecule has 0 aromatic heterocycles.